The second kappa shape index (κ2) is 8.08. The molecule has 2 aliphatic heterocycles. The minimum absolute atomic E-state index is 0.0337. The highest BCUT2D eigenvalue weighted by Crippen LogP contribution is 2.51. The number of hydrogen-bond acceptors (Lipinski definition) is 5. The Morgan fingerprint density at radius 3 is 2.48 bits per heavy atom. The van der Waals surface area contributed by atoms with E-state index in [0.29, 0.717) is 11.1 Å². The van der Waals surface area contributed by atoms with Gasteiger partial charge in [-0.25, -0.2) is 9.59 Å². The zero-order valence-corrected chi connectivity index (χ0v) is 19.4. The molecule has 1 N–H and O–H groups in total. The molecule has 4 rings (SSSR count). The van der Waals surface area contributed by atoms with Gasteiger partial charge in [0, 0.05) is 29.7 Å². The number of nitrogens with zero attached hydrogens (tertiary/aromatic N) is 2. The van der Waals surface area contributed by atoms with Gasteiger partial charge >= 0.3 is 11.6 Å². The van der Waals surface area contributed by atoms with Crippen molar-refractivity contribution in [2.45, 2.75) is 51.4 Å². The van der Waals surface area contributed by atoms with Gasteiger partial charge in [-0.2, -0.15) is 5.26 Å². The summed E-state index contributed by atoms with van der Waals surface area (Å²) in [7, 11) is 0. The predicted octanol–water partition coefficient (Wildman–Crippen LogP) is 5.07. The van der Waals surface area contributed by atoms with Crippen molar-refractivity contribution in [3.63, 3.8) is 0 Å². The number of rotatable bonds is 4. The Bertz CT molecular complexity index is 1330. The number of allylic oxidation sites excluding steroid dienone is 4. The van der Waals surface area contributed by atoms with Crippen LogP contribution in [0.5, 0.6) is 0 Å². The van der Waals surface area contributed by atoms with Crippen molar-refractivity contribution in [2.75, 3.05) is 18.0 Å². The molecule has 0 fully saturated rings. The fourth-order valence-electron chi connectivity index (χ4n) is 4.82. The zero-order chi connectivity index (χ0) is 24.0. The third-order valence-corrected chi connectivity index (χ3v) is 6.87. The maximum atomic E-state index is 12.8. The lowest BCUT2D eigenvalue weighted by atomic mass is 9.69. The number of nitriles is 1. The molecule has 0 spiro atoms. The highest BCUT2D eigenvalue weighted by atomic mass is 16.4. The summed E-state index contributed by atoms with van der Waals surface area (Å²) in [5.41, 5.74) is 3.92. The Kier molecular flexibility index (Phi) is 5.53. The second-order valence-corrected chi connectivity index (χ2v) is 10.1. The number of fused-ring (bicyclic) bond motifs is 2. The van der Waals surface area contributed by atoms with Crippen LogP contribution in [0, 0.1) is 11.3 Å². The van der Waals surface area contributed by atoms with E-state index in [1.54, 1.807) is 24.3 Å². The molecular formula is C27H28N2O4. The number of benzene rings is 1. The normalized spacial score (nSPS) is 19.1. The van der Waals surface area contributed by atoms with Crippen molar-refractivity contribution in [2.24, 2.45) is 0 Å². The maximum absolute atomic E-state index is 12.8. The summed E-state index contributed by atoms with van der Waals surface area (Å²) in [4.78, 5) is 26.1. The maximum Gasteiger partial charge on any atom is 0.346 e. The van der Waals surface area contributed by atoms with Crippen LogP contribution >= 0.6 is 0 Å². The Labute approximate surface area is 193 Å². The lowest BCUT2D eigenvalue weighted by molar-refractivity contribution is -0.132. The van der Waals surface area contributed by atoms with Crippen molar-refractivity contribution >= 4 is 28.7 Å². The topological polar surface area (TPSA) is 94.5 Å². The van der Waals surface area contributed by atoms with Crippen LogP contribution in [0.4, 0.5) is 5.69 Å². The van der Waals surface area contributed by atoms with Crippen LogP contribution in [0.25, 0.3) is 17.0 Å². The molecular weight excluding hydrogens is 416 g/mol. The zero-order valence-electron chi connectivity index (χ0n) is 19.4. The summed E-state index contributed by atoms with van der Waals surface area (Å²) < 4.78 is 5.92. The van der Waals surface area contributed by atoms with Gasteiger partial charge in [0.05, 0.1) is 5.56 Å². The fourth-order valence-corrected chi connectivity index (χ4v) is 4.82. The molecule has 0 atom stereocenters. The number of aliphatic carboxylic acids is 1. The van der Waals surface area contributed by atoms with Gasteiger partial charge in [0.15, 0.2) is 0 Å². The largest absolute Gasteiger partial charge is 0.477 e. The molecule has 1 aromatic heterocycles. The Morgan fingerprint density at radius 2 is 1.82 bits per heavy atom. The molecule has 2 aromatic rings. The highest BCUT2D eigenvalue weighted by molar-refractivity contribution is 5.92. The molecule has 2 aliphatic rings. The van der Waals surface area contributed by atoms with Crippen molar-refractivity contribution in [3.05, 3.63) is 69.1 Å². The van der Waals surface area contributed by atoms with E-state index < -0.39 is 11.6 Å². The number of carboxylic acid groups (broad SMARTS) is 1. The van der Waals surface area contributed by atoms with Gasteiger partial charge in [-0.3, -0.25) is 0 Å². The average molecular weight is 445 g/mol. The smallest absolute Gasteiger partial charge is 0.346 e. The monoisotopic (exact) mass is 444 g/mol. The Hall–Kier alpha value is -3.59. The van der Waals surface area contributed by atoms with E-state index in [0.717, 1.165) is 36.9 Å². The van der Waals surface area contributed by atoms with Crippen LogP contribution in [0.2, 0.25) is 0 Å². The average Bonchev–Trinajstić information content (AvgIpc) is 2.74. The fraction of sp³-hybridized carbons (Fsp3) is 0.370. The van der Waals surface area contributed by atoms with Crippen LogP contribution < -0.4 is 10.5 Å². The van der Waals surface area contributed by atoms with Crippen molar-refractivity contribution in [1.29, 1.82) is 5.26 Å². The number of anilines is 1. The Balaban J connectivity index is 1.82. The van der Waals surface area contributed by atoms with Crippen LogP contribution in [0.3, 0.4) is 0 Å². The first-order valence-electron chi connectivity index (χ1n) is 11.1. The van der Waals surface area contributed by atoms with E-state index >= 15 is 0 Å². The van der Waals surface area contributed by atoms with Crippen molar-refractivity contribution < 1.29 is 14.3 Å². The summed E-state index contributed by atoms with van der Waals surface area (Å²) in [5.74, 6) is -1.28. The SMILES string of the molecule is CC1(C)CCN2CCC(C)(C)c3c2c1cc1cc(/C=C/C=C/C=C(\C#N)C(=O)O)c(=O)oc31. The number of carboxylic acids is 1. The van der Waals surface area contributed by atoms with E-state index in [-0.39, 0.29) is 16.4 Å². The molecule has 0 aliphatic carbocycles. The third-order valence-electron chi connectivity index (χ3n) is 6.87. The molecule has 1 aromatic carbocycles. The van der Waals surface area contributed by atoms with Crippen LogP contribution in [-0.4, -0.2) is 24.2 Å². The molecule has 0 saturated carbocycles. The Morgan fingerprint density at radius 1 is 1.12 bits per heavy atom. The van der Waals surface area contributed by atoms with Gasteiger partial charge in [-0.1, -0.05) is 45.9 Å². The van der Waals surface area contributed by atoms with E-state index in [1.807, 2.05) is 6.07 Å². The molecule has 0 radical (unpaired) electrons. The summed E-state index contributed by atoms with van der Waals surface area (Å²) in [6, 6.07) is 5.66. The molecule has 6 heteroatoms. The quantitative estimate of drug-likeness (QED) is 0.306. The standard InChI is InChI=1S/C27H28N2O4/c1-26(2)10-12-29-13-11-27(3,4)21-22(29)20(26)15-19-14-17(25(32)33-23(19)21)8-6-5-7-9-18(16-28)24(30)31/h5-9,14-15H,10-13H2,1-4H3,(H,30,31)/b7-5+,8-6+,18-9+. The molecule has 0 unspecified atom stereocenters. The van der Waals surface area contributed by atoms with Gasteiger partial charge in [-0.05, 0) is 53.5 Å². The molecule has 0 bridgehead atoms. The number of carbonyl (C=O) groups is 1. The first-order chi connectivity index (χ1) is 15.5. The summed E-state index contributed by atoms with van der Waals surface area (Å²) in [6.07, 6.45) is 9.58. The van der Waals surface area contributed by atoms with Crippen LogP contribution in [0.1, 0.15) is 57.2 Å². The van der Waals surface area contributed by atoms with Gasteiger partial charge in [0.2, 0.25) is 0 Å². The molecule has 170 valence electrons. The van der Waals surface area contributed by atoms with E-state index in [9.17, 15) is 9.59 Å². The molecule has 0 saturated heterocycles. The lowest BCUT2D eigenvalue weighted by Crippen LogP contribution is -2.44. The van der Waals surface area contributed by atoms with Crippen molar-refractivity contribution in [1.82, 2.24) is 0 Å². The van der Waals surface area contributed by atoms with Gasteiger partial charge in [0.1, 0.15) is 17.2 Å². The summed E-state index contributed by atoms with van der Waals surface area (Å²) in [5, 5.41) is 18.6. The van der Waals surface area contributed by atoms with Gasteiger partial charge < -0.3 is 14.4 Å². The van der Waals surface area contributed by atoms with E-state index in [1.165, 1.54) is 23.4 Å². The first kappa shape index (κ1) is 22.6. The van der Waals surface area contributed by atoms with Gasteiger partial charge in [0.25, 0.3) is 0 Å². The second-order valence-electron chi connectivity index (χ2n) is 10.1. The summed E-state index contributed by atoms with van der Waals surface area (Å²) >= 11 is 0. The van der Waals surface area contributed by atoms with Gasteiger partial charge in [-0.15, -0.1) is 0 Å². The van der Waals surface area contributed by atoms with Crippen LogP contribution in [-0.2, 0) is 15.6 Å². The van der Waals surface area contributed by atoms with Crippen LogP contribution in [0.15, 0.2) is 51.2 Å². The predicted molar refractivity (Wildman–Crippen MR) is 129 cm³/mol. The molecule has 33 heavy (non-hydrogen) atoms. The van der Waals surface area contributed by atoms with Crippen molar-refractivity contribution in [3.8, 4) is 6.07 Å². The number of hydrogen-bond donors (Lipinski definition) is 1. The molecule has 6 nitrogen and oxygen atoms in total. The third kappa shape index (κ3) is 4.00. The highest BCUT2D eigenvalue weighted by Gasteiger charge is 2.41. The minimum atomic E-state index is -1.28. The first-order valence-corrected chi connectivity index (χ1v) is 11.1. The minimum Gasteiger partial charge on any atom is -0.477 e. The lowest BCUT2D eigenvalue weighted by Gasteiger charge is -2.48. The van der Waals surface area contributed by atoms with E-state index in [2.05, 4.69) is 38.7 Å². The summed E-state index contributed by atoms with van der Waals surface area (Å²) in [6.45, 7) is 11.0. The molecule has 0 amide bonds. The molecule has 3 heterocycles. The van der Waals surface area contributed by atoms with E-state index in [4.69, 9.17) is 14.8 Å².